The number of esters is 1. The fourth-order valence-corrected chi connectivity index (χ4v) is 2.34. The van der Waals surface area contributed by atoms with Gasteiger partial charge in [0, 0.05) is 16.1 Å². The molecule has 1 heterocycles. The molecule has 0 radical (unpaired) electrons. The van der Waals surface area contributed by atoms with E-state index in [4.69, 9.17) is 9.26 Å². The topological polar surface area (TPSA) is 81.4 Å². The molecule has 2 rings (SSSR count). The number of carbonyl (C=O) groups excluding carboxylic acids is 2. The van der Waals surface area contributed by atoms with Crippen LogP contribution in [0.3, 0.4) is 0 Å². The standard InChI is InChI=1S/C17H19BrN2O4/c1-9(2)15-14(10(3)20-24-15)17(22)23-11(4)16(21)19-13-7-5-12(18)6-8-13/h5-9,11H,1-4H3,(H,19,21)/t11-/m0/s1. The van der Waals surface area contributed by atoms with Crippen molar-refractivity contribution in [3.8, 4) is 0 Å². The van der Waals surface area contributed by atoms with Gasteiger partial charge in [0.25, 0.3) is 5.91 Å². The van der Waals surface area contributed by atoms with E-state index in [-0.39, 0.29) is 11.5 Å². The van der Waals surface area contributed by atoms with E-state index in [0.29, 0.717) is 17.1 Å². The summed E-state index contributed by atoms with van der Waals surface area (Å²) in [6.07, 6.45) is -0.949. The second-order valence-electron chi connectivity index (χ2n) is 5.71. The van der Waals surface area contributed by atoms with Gasteiger partial charge in [-0.3, -0.25) is 4.79 Å². The molecule has 1 aromatic heterocycles. The summed E-state index contributed by atoms with van der Waals surface area (Å²) < 4.78 is 11.3. The van der Waals surface area contributed by atoms with Gasteiger partial charge in [0.2, 0.25) is 0 Å². The van der Waals surface area contributed by atoms with E-state index in [2.05, 4.69) is 26.4 Å². The highest BCUT2D eigenvalue weighted by molar-refractivity contribution is 9.10. The highest BCUT2D eigenvalue weighted by Crippen LogP contribution is 2.23. The summed E-state index contributed by atoms with van der Waals surface area (Å²) in [6.45, 7) is 6.96. The monoisotopic (exact) mass is 394 g/mol. The van der Waals surface area contributed by atoms with Crippen LogP contribution >= 0.6 is 15.9 Å². The lowest BCUT2D eigenvalue weighted by Gasteiger charge is -2.14. The van der Waals surface area contributed by atoms with Crippen molar-refractivity contribution in [1.82, 2.24) is 5.16 Å². The Labute approximate surface area is 148 Å². The number of aryl methyl sites for hydroxylation is 1. The Morgan fingerprint density at radius 3 is 2.42 bits per heavy atom. The van der Waals surface area contributed by atoms with Gasteiger partial charge in [-0.25, -0.2) is 4.79 Å². The molecule has 0 saturated carbocycles. The van der Waals surface area contributed by atoms with E-state index in [9.17, 15) is 9.59 Å². The number of carbonyl (C=O) groups is 2. The molecule has 0 unspecified atom stereocenters. The predicted octanol–water partition coefficient (Wildman–Crippen LogP) is 4.05. The Balaban J connectivity index is 2.04. The number of hydrogen-bond acceptors (Lipinski definition) is 5. The summed E-state index contributed by atoms with van der Waals surface area (Å²) in [4.78, 5) is 24.5. The van der Waals surface area contributed by atoms with Crippen molar-refractivity contribution in [1.29, 1.82) is 0 Å². The van der Waals surface area contributed by atoms with E-state index in [1.807, 2.05) is 26.0 Å². The summed E-state index contributed by atoms with van der Waals surface area (Å²) in [6, 6.07) is 7.11. The first-order valence-electron chi connectivity index (χ1n) is 7.53. The SMILES string of the molecule is Cc1noc(C(C)C)c1C(=O)O[C@@H](C)C(=O)Nc1ccc(Br)cc1. The van der Waals surface area contributed by atoms with Crippen LogP contribution in [0.2, 0.25) is 0 Å². The molecule has 1 N–H and O–H groups in total. The first kappa shape index (κ1) is 18.2. The average molecular weight is 395 g/mol. The van der Waals surface area contributed by atoms with Crippen LogP contribution in [0.15, 0.2) is 33.3 Å². The van der Waals surface area contributed by atoms with E-state index in [1.54, 1.807) is 19.1 Å². The Bertz CT molecular complexity index is 738. The third-order valence-electron chi connectivity index (χ3n) is 3.38. The Hall–Kier alpha value is -2.15. The first-order valence-corrected chi connectivity index (χ1v) is 8.32. The van der Waals surface area contributed by atoms with Crippen LogP contribution in [0.1, 0.15) is 48.5 Å². The molecule has 0 aliphatic rings. The van der Waals surface area contributed by atoms with Crippen molar-refractivity contribution in [3.63, 3.8) is 0 Å². The minimum atomic E-state index is -0.949. The molecule has 0 spiro atoms. The molecule has 6 nitrogen and oxygen atoms in total. The summed E-state index contributed by atoms with van der Waals surface area (Å²) in [5, 5.41) is 6.50. The number of aromatic nitrogens is 1. The molecule has 0 saturated heterocycles. The molecular weight excluding hydrogens is 376 g/mol. The molecule has 1 atom stereocenters. The van der Waals surface area contributed by atoms with Crippen LogP contribution in [0.4, 0.5) is 5.69 Å². The molecule has 128 valence electrons. The zero-order valence-corrected chi connectivity index (χ0v) is 15.5. The first-order chi connectivity index (χ1) is 11.3. The van der Waals surface area contributed by atoms with Crippen molar-refractivity contribution in [2.24, 2.45) is 0 Å². The Morgan fingerprint density at radius 1 is 1.21 bits per heavy atom. The molecule has 0 bridgehead atoms. The lowest BCUT2D eigenvalue weighted by Crippen LogP contribution is -2.30. The number of halogens is 1. The molecule has 1 aromatic carbocycles. The Kier molecular flexibility index (Phi) is 5.77. The van der Waals surface area contributed by atoms with Gasteiger partial charge in [0.15, 0.2) is 11.9 Å². The number of nitrogens with one attached hydrogen (secondary N) is 1. The highest BCUT2D eigenvalue weighted by Gasteiger charge is 2.27. The largest absolute Gasteiger partial charge is 0.449 e. The lowest BCUT2D eigenvalue weighted by atomic mass is 10.1. The van der Waals surface area contributed by atoms with Crippen LogP contribution in [-0.2, 0) is 9.53 Å². The zero-order chi connectivity index (χ0) is 17.9. The van der Waals surface area contributed by atoms with Crippen LogP contribution in [0, 0.1) is 6.92 Å². The van der Waals surface area contributed by atoms with Crippen molar-refractivity contribution >= 4 is 33.5 Å². The normalized spacial score (nSPS) is 12.1. The van der Waals surface area contributed by atoms with Crippen LogP contribution in [0.5, 0.6) is 0 Å². The molecule has 7 heteroatoms. The zero-order valence-electron chi connectivity index (χ0n) is 13.9. The van der Waals surface area contributed by atoms with Gasteiger partial charge in [0.05, 0.1) is 5.69 Å². The van der Waals surface area contributed by atoms with Crippen molar-refractivity contribution in [2.45, 2.75) is 39.7 Å². The molecule has 0 aliphatic carbocycles. The number of hydrogen-bond donors (Lipinski definition) is 1. The number of ether oxygens (including phenoxy) is 1. The molecule has 1 amide bonds. The minimum absolute atomic E-state index is 0.0133. The van der Waals surface area contributed by atoms with Gasteiger partial charge in [-0.15, -0.1) is 0 Å². The fraction of sp³-hybridized carbons (Fsp3) is 0.353. The smallest absolute Gasteiger partial charge is 0.344 e. The van der Waals surface area contributed by atoms with Gasteiger partial charge in [0.1, 0.15) is 5.56 Å². The Morgan fingerprint density at radius 2 is 1.83 bits per heavy atom. The fourth-order valence-electron chi connectivity index (χ4n) is 2.08. The van der Waals surface area contributed by atoms with Crippen molar-refractivity contribution < 1.29 is 18.8 Å². The van der Waals surface area contributed by atoms with Gasteiger partial charge >= 0.3 is 5.97 Å². The maximum Gasteiger partial charge on any atom is 0.344 e. The number of nitrogens with zero attached hydrogens (tertiary/aromatic N) is 1. The summed E-state index contributed by atoms with van der Waals surface area (Å²) in [7, 11) is 0. The second kappa shape index (κ2) is 7.61. The van der Waals surface area contributed by atoms with Crippen LogP contribution in [0.25, 0.3) is 0 Å². The van der Waals surface area contributed by atoms with E-state index < -0.39 is 18.0 Å². The minimum Gasteiger partial charge on any atom is -0.449 e. The summed E-state index contributed by atoms with van der Waals surface area (Å²) in [5.74, 6) is -0.583. The number of amides is 1. The van der Waals surface area contributed by atoms with Crippen LogP contribution in [-0.4, -0.2) is 23.1 Å². The lowest BCUT2D eigenvalue weighted by molar-refractivity contribution is -0.123. The van der Waals surface area contributed by atoms with Crippen molar-refractivity contribution in [3.05, 3.63) is 45.8 Å². The number of rotatable bonds is 5. The molecule has 2 aromatic rings. The molecule has 0 aliphatic heterocycles. The number of anilines is 1. The van der Waals surface area contributed by atoms with E-state index >= 15 is 0 Å². The summed E-state index contributed by atoms with van der Waals surface area (Å²) >= 11 is 3.32. The quantitative estimate of drug-likeness (QED) is 0.773. The van der Waals surface area contributed by atoms with Gasteiger partial charge in [-0.1, -0.05) is 34.9 Å². The van der Waals surface area contributed by atoms with Crippen LogP contribution < -0.4 is 5.32 Å². The van der Waals surface area contributed by atoms with Crippen molar-refractivity contribution in [2.75, 3.05) is 5.32 Å². The van der Waals surface area contributed by atoms with E-state index in [1.165, 1.54) is 6.92 Å². The summed E-state index contributed by atoms with van der Waals surface area (Å²) in [5.41, 5.74) is 1.35. The maximum absolute atomic E-state index is 12.4. The molecular formula is C17H19BrN2O4. The maximum atomic E-state index is 12.4. The molecule has 24 heavy (non-hydrogen) atoms. The van der Waals surface area contributed by atoms with Gasteiger partial charge in [-0.05, 0) is 38.1 Å². The third kappa shape index (κ3) is 4.23. The van der Waals surface area contributed by atoms with E-state index in [0.717, 1.165) is 4.47 Å². The number of benzene rings is 1. The average Bonchev–Trinajstić information content (AvgIpc) is 2.91. The highest BCUT2D eigenvalue weighted by atomic mass is 79.9. The third-order valence-corrected chi connectivity index (χ3v) is 3.91. The second-order valence-corrected chi connectivity index (χ2v) is 6.62. The predicted molar refractivity (Wildman–Crippen MR) is 93.0 cm³/mol. The van der Waals surface area contributed by atoms with Gasteiger partial charge in [-0.2, -0.15) is 0 Å². The van der Waals surface area contributed by atoms with Gasteiger partial charge < -0.3 is 14.6 Å². The molecule has 0 fully saturated rings.